The highest BCUT2D eigenvalue weighted by Crippen LogP contribution is 2.12. The van der Waals surface area contributed by atoms with Crippen LogP contribution in [0.2, 0.25) is 0 Å². The third kappa shape index (κ3) is 18.2. The van der Waals surface area contributed by atoms with Crippen LogP contribution in [0.15, 0.2) is 73.3 Å². The number of esters is 1. The van der Waals surface area contributed by atoms with E-state index in [1.54, 1.807) is 58.9 Å². The van der Waals surface area contributed by atoms with Gasteiger partial charge < -0.3 is 45.9 Å². The standard InChI is InChI=1S/C41H57N5O11/c1-8-19-55-40(53)35(28(7)56-23-29-15-11-9-12-16-29)46-39(52)32(21-26(4)5)44-38(51)33(22-34(47)48)45-37(50)31(20-25(2)3)43-36(49)27(6)42-41(54)57-24-30-17-13-10-14-18-30/h8-18,25-28,31-33,35H,1,19-24H2,2-7H3,(H,42,54)(H,43,49)(H,44,51)(H,45,50)(H,46,52)(H,47,48)/t27-,28+,31-,32-,33-,35-/m0/s1. The molecule has 312 valence electrons. The highest BCUT2D eigenvalue weighted by molar-refractivity contribution is 5.97. The van der Waals surface area contributed by atoms with Gasteiger partial charge in [0.05, 0.1) is 19.1 Å². The Labute approximate surface area is 333 Å². The number of ether oxygens (including phenoxy) is 3. The van der Waals surface area contributed by atoms with Gasteiger partial charge in [0.1, 0.15) is 37.4 Å². The predicted molar refractivity (Wildman–Crippen MR) is 210 cm³/mol. The zero-order chi connectivity index (χ0) is 42.5. The van der Waals surface area contributed by atoms with Gasteiger partial charge in [-0.15, -0.1) is 0 Å². The summed E-state index contributed by atoms with van der Waals surface area (Å²) >= 11 is 0. The van der Waals surface area contributed by atoms with Crippen molar-refractivity contribution in [2.75, 3.05) is 6.61 Å². The van der Waals surface area contributed by atoms with E-state index in [1.165, 1.54) is 13.0 Å². The van der Waals surface area contributed by atoms with Crippen molar-refractivity contribution in [3.63, 3.8) is 0 Å². The van der Waals surface area contributed by atoms with Crippen molar-refractivity contribution in [1.29, 1.82) is 0 Å². The van der Waals surface area contributed by atoms with Crippen molar-refractivity contribution < 1.29 is 52.9 Å². The molecule has 0 radical (unpaired) electrons. The molecule has 6 atom stereocenters. The Morgan fingerprint density at radius 3 is 1.61 bits per heavy atom. The molecule has 0 fully saturated rings. The quantitative estimate of drug-likeness (QED) is 0.0668. The molecule has 0 aromatic heterocycles. The highest BCUT2D eigenvalue weighted by Gasteiger charge is 2.35. The molecule has 0 unspecified atom stereocenters. The summed E-state index contributed by atoms with van der Waals surface area (Å²) in [5, 5.41) is 22.2. The van der Waals surface area contributed by atoms with Crippen LogP contribution in [0.1, 0.15) is 71.9 Å². The van der Waals surface area contributed by atoms with Crippen LogP contribution >= 0.6 is 0 Å². The molecule has 6 N–H and O–H groups in total. The number of carbonyl (C=O) groups is 7. The Morgan fingerprint density at radius 1 is 0.632 bits per heavy atom. The number of benzene rings is 2. The zero-order valence-electron chi connectivity index (χ0n) is 33.4. The van der Waals surface area contributed by atoms with E-state index in [9.17, 15) is 38.7 Å². The van der Waals surface area contributed by atoms with E-state index in [-0.39, 0.29) is 44.5 Å². The highest BCUT2D eigenvalue weighted by atomic mass is 16.6. The topological polar surface area (TPSA) is 228 Å². The van der Waals surface area contributed by atoms with Crippen LogP contribution in [0.4, 0.5) is 4.79 Å². The molecule has 0 aliphatic carbocycles. The van der Waals surface area contributed by atoms with Crippen molar-refractivity contribution in [2.24, 2.45) is 11.8 Å². The number of carboxylic acids is 1. The Balaban J connectivity index is 2.19. The number of rotatable bonds is 24. The molecule has 2 rings (SSSR count). The summed E-state index contributed by atoms with van der Waals surface area (Å²) in [4.78, 5) is 91.5. The molecule has 2 aromatic rings. The van der Waals surface area contributed by atoms with Gasteiger partial charge in [0.15, 0.2) is 6.04 Å². The van der Waals surface area contributed by atoms with E-state index < -0.39 is 84.4 Å². The molecule has 0 spiro atoms. The van der Waals surface area contributed by atoms with Gasteiger partial charge in [0, 0.05) is 0 Å². The molecule has 5 amide bonds. The van der Waals surface area contributed by atoms with Crippen molar-refractivity contribution in [3.05, 3.63) is 84.4 Å². The van der Waals surface area contributed by atoms with Crippen LogP contribution in [-0.2, 0) is 56.2 Å². The minimum atomic E-state index is -1.67. The molecular weight excluding hydrogens is 738 g/mol. The first-order valence-corrected chi connectivity index (χ1v) is 18.8. The molecule has 16 nitrogen and oxygen atoms in total. The van der Waals surface area contributed by atoms with E-state index in [0.29, 0.717) is 0 Å². The number of alkyl carbamates (subject to hydrolysis) is 1. The summed E-state index contributed by atoms with van der Waals surface area (Å²) in [7, 11) is 0. The van der Waals surface area contributed by atoms with Crippen molar-refractivity contribution in [3.8, 4) is 0 Å². The second kappa shape index (κ2) is 24.7. The smallest absolute Gasteiger partial charge is 0.408 e. The Hall–Kier alpha value is -5.77. The van der Waals surface area contributed by atoms with Gasteiger partial charge in [-0.2, -0.15) is 0 Å². The summed E-state index contributed by atoms with van der Waals surface area (Å²) in [6.07, 6.45) is -1.07. The van der Waals surface area contributed by atoms with Gasteiger partial charge >= 0.3 is 18.0 Å². The number of carboxylic acid groups (broad SMARTS) is 1. The number of hydrogen-bond acceptors (Lipinski definition) is 10. The maximum absolute atomic E-state index is 13.8. The lowest BCUT2D eigenvalue weighted by atomic mass is 10.0. The fourth-order valence-corrected chi connectivity index (χ4v) is 5.39. The Morgan fingerprint density at radius 2 is 1.11 bits per heavy atom. The van der Waals surface area contributed by atoms with Crippen LogP contribution in [0, 0.1) is 11.8 Å². The van der Waals surface area contributed by atoms with E-state index >= 15 is 0 Å². The predicted octanol–water partition coefficient (Wildman–Crippen LogP) is 3.14. The van der Waals surface area contributed by atoms with Crippen LogP contribution in [0.5, 0.6) is 0 Å². The molecule has 57 heavy (non-hydrogen) atoms. The van der Waals surface area contributed by atoms with Crippen molar-refractivity contribution in [2.45, 2.75) is 110 Å². The number of nitrogens with one attached hydrogen (secondary N) is 5. The minimum absolute atomic E-state index is 0.0305. The minimum Gasteiger partial charge on any atom is -0.481 e. The lowest BCUT2D eigenvalue weighted by molar-refractivity contribution is -0.152. The lowest BCUT2D eigenvalue weighted by Gasteiger charge is -2.28. The summed E-state index contributed by atoms with van der Waals surface area (Å²) in [5.74, 6) is -5.90. The van der Waals surface area contributed by atoms with E-state index in [4.69, 9.17) is 14.2 Å². The Kier molecular flexibility index (Phi) is 20.5. The van der Waals surface area contributed by atoms with Crippen LogP contribution in [-0.4, -0.2) is 89.7 Å². The van der Waals surface area contributed by atoms with E-state index in [2.05, 4.69) is 33.2 Å². The molecular formula is C41H57N5O11. The van der Waals surface area contributed by atoms with Crippen LogP contribution < -0.4 is 26.6 Å². The summed E-state index contributed by atoms with van der Waals surface area (Å²) in [6, 6.07) is 11.5. The summed E-state index contributed by atoms with van der Waals surface area (Å²) in [6.45, 7) is 13.7. The molecule has 0 bridgehead atoms. The van der Waals surface area contributed by atoms with Gasteiger partial charge in [-0.3, -0.25) is 24.0 Å². The average Bonchev–Trinajstić information content (AvgIpc) is 3.16. The van der Waals surface area contributed by atoms with E-state index in [1.807, 2.05) is 36.4 Å². The Bertz CT molecular complexity index is 1640. The normalized spacial score (nSPS) is 14.1. The summed E-state index contributed by atoms with van der Waals surface area (Å²) in [5.41, 5.74) is 1.56. The largest absolute Gasteiger partial charge is 0.481 e. The van der Waals surface area contributed by atoms with Crippen LogP contribution in [0.25, 0.3) is 0 Å². The zero-order valence-corrected chi connectivity index (χ0v) is 33.4. The molecule has 0 saturated carbocycles. The van der Waals surface area contributed by atoms with Crippen molar-refractivity contribution >= 4 is 41.7 Å². The maximum Gasteiger partial charge on any atom is 0.408 e. The molecule has 0 saturated heterocycles. The molecule has 0 aliphatic heterocycles. The molecule has 16 heteroatoms. The second-order valence-corrected chi connectivity index (χ2v) is 14.4. The third-order valence-electron chi connectivity index (χ3n) is 8.35. The number of hydrogen-bond donors (Lipinski definition) is 6. The molecule has 0 heterocycles. The number of amides is 5. The fraction of sp³-hybridized carbons (Fsp3) is 0.488. The number of aliphatic carboxylic acids is 1. The van der Waals surface area contributed by atoms with Gasteiger partial charge in [-0.25, -0.2) is 9.59 Å². The van der Waals surface area contributed by atoms with Crippen LogP contribution in [0.3, 0.4) is 0 Å². The van der Waals surface area contributed by atoms with Gasteiger partial charge in [-0.05, 0) is 49.7 Å². The monoisotopic (exact) mass is 795 g/mol. The maximum atomic E-state index is 13.8. The van der Waals surface area contributed by atoms with Gasteiger partial charge in [0.25, 0.3) is 0 Å². The first kappa shape index (κ1) is 47.4. The number of carbonyl (C=O) groups excluding carboxylic acids is 6. The fourth-order valence-electron chi connectivity index (χ4n) is 5.39. The lowest BCUT2D eigenvalue weighted by Crippen LogP contribution is -2.60. The molecule has 2 aromatic carbocycles. The summed E-state index contributed by atoms with van der Waals surface area (Å²) < 4.78 is 16.3. The first-order valence-electron chi connectivity index (χ1n) is 18.8. The van der Waals surface area contributed by atoms with Gasteiger partial charge in [0.2, 0.25) is 23.6 Å². The van der Waals surface area contributed by atoms with Gasteiger partial charge in [-0.1, -0.05) is 101 Å². The van der Waals surface area contributed by atoms with Crippen molar-refractivity contribution in [1.82, 2.24) is 26.6 Å². The van der Waals surface area contributed by atoms with E-state index in [0.717, 1.165) is 11.1 Å². The average molecular weight is 796 g/mol. The second-order valence-electron chi connectivity index (χ2n) is 14.4. The molecule has 0 aliphatic rings. The first-order chi connectivity index (χ1) is 27.0. The SMILES string of the molecule is C=CCOC(=O)[C@@H](NC(=O)[C@H](CC(C)C)NC(=O)[C@H](CC(=O)O)NC(=O)[C@H](CC(C)C)NC(=O)[C@H](C)NC(=O)OCc1ccccc1)[C@@H](C)OCc1ccccc1. The third-order valence-corrected chi connectivity index (χ3v) is 8.35.